The Morgan fingerprint density at radius 1 is 1.24 bits per heavy atom. The number of aliphatic carboxylic acids is 1. The number of nitrogens with one attached hydrogen (secondary N) is 1. The van der Waals surface area contributed by atoms with Crippen LogP contribution in [-0.4, -0.2) is 54.2 Å². The van der Waals surface area contributed by atoms with Crippen molar-refractivity contribution < 1.29 is 24.2 Å². The summed E-state index contributed by atoms with van der Waals surface area (Å²) >= 11 is 0. The van der Waals surface area contributed by atoms with Crippen molar-refractivity contribution in [2.45, 2.75) is 25.3 Å². The molecule has 0 aromatic carbocycles. The average Bonchev–Trinajstić information content (AvgIpc) is 2.94. The molecular formula is C14H20N2O5. The molecular weight excluding hydrogens is 276 g/mol. The highest BCUT2D eigenvalue weighted by atomic mass is 16.5. The van der Waals surface area contributed by atoms with Gasteiger partial charge in [-0.25, -0.2) is 4.79 Å². The number of carbonyl (C=O) groups excluding carboxylic acids is 2. The Bertz CT molecular complexity index is 462. The molecule has 3 unspecified atom stereocenters. The molecule has 0 saturated carbocycles. The monoisotopic (exact) mass is 296 g/mol. The number of rotatable bonds is 3. The minimum absolute atomic E-state index is 0.135. The first-order valence-electron chi connectivity index (χ1n) is 7.04. The molecule has 116 valence electrons. The van der Waals surface area contributed by atoms with Crippen molar-refractivity contribution >= 4 is 18.0 Å². The van der Waals surface area contributed by atoms with E-state index < -0.39 is 23.9 Å². The molecule has 1 aliphatic heterocycles. The van der Waals surface area contributed by atoms with Crippen LogP contribution >= 0.6 is 0 Å². The Kier molecular flexibility index (Phi) is 4.82. The number of carboxylic acids is 1. The van der Waals surface area contributed by atoms with Gasteiger partial charge in [0, 0.05) is 13.1 Å². The van der Waals surface area contributed by atoms with Gasteiger partial charge in [0.2, 0.25) is 5.91 Å². The van der Waals surface area contributed by atoms with Crippen LogP contribution in [0.2, 0.25) is 0 Å². The molecule has 21 heavy (non-hydrogen) atoms. The maximum Gasteiger partial charge on any atom is 0.407 e. The Balaban J connectivity index is 1.96. The molecule has 7 heteroatoms. The number of likely N-dealkylation sites (tertiary alicyclic amines) is 1. The van der Waals surface area contributed by atoms with E-state index in [1.807, 2.05) is 12.2 Å². The normalized spacial score (nSPS) is 28.2. The lowest BCUT2D eigenvalue weighted by molar-refractivity contribution is -0.150. The largest absolute Gasteiger partial charge is 0.481 e. The van der Waals surface area contributed by atoms with E-state index in [1.54, 1.807) is 4.90 Å². The zero-order valence-electron chi connectivity index (χ0n) is 11.9. The summed E-state index contributed by atoms with van der Waals surface area (Å²) in [6, 6.07) is -0.135. The summed E-state index contributed by atoms with van der Waals surface area (Å²) < 4.78 is 4.53. The second-order valence-electron chi connectivity index (χ2n) is 5.40. The van der Waals surface area contributed by atoms with E-state index in [1.165, 1.54) is 7.11 Å². The fraction of sp³-hybridized carbons (Fsp3) is 0.643. The number of hydrogen-bond acceptors (Lipinski definition) is 4. The maximum absolute atomic E-state index is 12.5. The number of amides is 2. The van der Waals surface area contributed by atoms with Gasteiger partial charge in [0.25, 0.3) is 0 Å². The lowest BCUT2D eigenvalue weighted by atomic mass is 9.82. The van der Waals surface area contributed by atoms with Crippen molar-refractivity contribution in [2.24, 2.45) is 11.8 Å². The van der Waals surface area contributed by atoms with Crippen LogP contribution in [0, 0.1) is 11.8 Å². The summed E-state index contributed by atoms with van der Waals surface area (Å²) in [5, 5.41) is 11.9. The number of carboxylic acid groups (broad SMARTS) is 1. The number of alkyl carbamates (subject to hydrolysis) is 1. The number of nitrogens with zero attached hydrogens (tertiary/aromatic N) is 1. The molecule has 2 N–H and O–H groups in total. The van der Waals surface area contributed by atoms with Crippen LogP contribution in [0.3, 0.4) is 0 Å². The Hall–Kier alpha value is -2.05. The van der Waals surface area contributed by atoms with Gasteiger partial charge in [-0.3, -0.25) is 9.59 Å². The van der Waals surface area contributed by atoms with Crippen LogP contribution in [-0.2, 0) is 14.3 Å². The number of carbonyl (C=O) groups is 3. The van der Waals surface area contributed by atoms with E-state index >= 15 is 0 Å². The summed E-state index contributed by atoms with van der Waals surface area (Å²) in [7, 11) is 1.29. The van der Waals surface area contributed by atoms with E-state index in [-0.39, 0.29) is 11.9 Å². The van der Waals surface area contributed by atoms with E-state index in [9.17, 15) is 19.5 Å². The average molecular weight is 296 g/mol. The van der Waals surface area contributed by atoms with Crippen LogP contribution in [0.15, 0.2) is 12.2 Å². The molecule has 0 aromatic rings. The van der Waals surface area contributed by atoms with Gasteiger partial charge < -0.3 is 20.1 Å². The molecule has 0 radical (unpaired) electrons. The van der Waals surface area contributed by atoms with E-state index in [0.717, 1.165) is 0 Å². The molecule has 1 fully saturated rings. The number of methoxy groups -OCH3 is 1. The zero-order valence-corrected chi connectivity index (χ0v) is 11.9. The van der Waals surface area contributed by atoms with Gasteiger partial charge in [0.15, 0.2) is 0 Å². The van der Waals surface area contributed by atoms with Crippen LogP contribution in [0.25, 0.3) is 0 Å². The predicted molar refractivity (Wildman–Crippen MR) is 73.5 cm³/mol. The number of ether oxygens (including phenoxy) is 1. The molecule has 7 nitrogen and oxygen atoms in total. The lowest BCUT2D eigenvalue weighted by Gasteiger charge is -2.28. The molecule has 0 aromatic heterocycles. The lowest BCUT2D eigenvalue weighted by Crippen LogP contribution is -2.43. The first-order chi connectivity index (χ1) is 10.0. The summed E-state index contributed by atoms with van der Waals surface area (Å²) in [5.74, 6) is -2.23. The van der Waals surface area contributed by atoms with Gasteiger partial charge in [-0.2, -0.15) is 0 Å². The Morgan fingerprint density at radius 3 is 2.52 bits per heavy atom. The summed E-state index contributed by atoms with van der Waals surface area (Å²) in [6.45, 7) is 0.931. The van der Waals surface area contributed by atoms with Crippen molar-refractivity contribution in [3.63, 3.8) is 0 Å². The summed E-state index contributed by atoms with van der Waals surface area (Å²) in [5.41, 5.74) is 0. The third kappa shape index (κ3) is 3.53. The van der Waals surface area contributed by atoms with Crippen LogP contribution in [0.4, 0.5) is 4.79 Å². The van der Waals surface area contributed by atoms with E-state index in [0.29, 0.717) is 32.4 Å². The highest BCUT2D eigenvalue weighted by molar-refractivity contribution is 5.85. The molecule has 2 rings (SSSR count). The second-order valence-corrected chi connectivity index (χ2v) is 5.40. The first kappa shape index (κ1) is 15.3. The highest BCUT2D eigenvalue weighted by Crippen LogP contribution is 2.28. The fourth-order valence-electron chi connectivity index (χ4n) is 2.90. The second kappa shape index (κ2) is 6.60. The molecule has 1 saturated heterocycles. The predicted octanol–water partition coefficient (Wildman–Crippen LogP) is 0.610. The zero-order chi connectivity index (χ0) is 15.4. The molecule has 3 atom stereocenters. The summed E-state index contributed by atoms with van der Waals surface area (Å²) in [6.07, 6.45) is 4.67. The molecule has 0 bridgehead atoms. The van der Waals surface area contributed by atoms with Crippen LogP contribution in [0.5, 0.6) is 0 Å². The van der Waals surface area contributed by atoms with E-state index in [2.05, 4.69) is 10.1 Å². The van der Waals surface area contributed by atoms with Gasteiger partial charge in [-0.1, -0.05) is 12.2 Å². The molecule has 2 aliphatic rings. The van der Waals surface area contributed by atoms with Crippen LogP contribution < -0.4 is 5.32 Å². The van der Waals surface area contributed by atoms with Gasteiger partial charge in [-0.15, -0.1) is 0 Å². The molecule has 0 spiro atoms. The van der Waals surface area contributed by atoms with Gasteiger partial charge in [0.1, 0.15) is 0 Å². The molecule has 1 heterocycles. The first-order valence-corrected chi connectivity index (χ1v) is 7.04. The third-order valence-electron chi connectivity index (χ3n) is 4.07. The van der Waals surface area contributed by atoms with E-state index in [4.69, 9.17) is 0 Å². The Morgan fingerprint density at radius 2 is 1.90 bits per heavy atom. The van der Waals surface area contributed by atoms with Crippen molar-refractivity contribution in [2.75, 3.05) is 20.2 Å². The van der Waals surface area contributed by atoms with Gasteiger partial charge in [0.05, 0.1) is 25.0 Å². The smallest absolute Gasteiger partial charge is 0.407 e. The summed E-state index contributed by atoms with van der Waals surface area (Å²) in [4.78, 5) is 36.6. The Labute approximate surface area is 122 Å². The molecule has 1 aliphatic carbocycles. The van der Waals surface area contributed by atoms with Crippen LogP contribution in [0.1, 0.15) is 19.3 Å². The fourth-order valence-corrected chi connectivity index (χ4v) is 2.90. The minimum atomic E-state index is -0.930. The topological polar surface area (TPSA) is 95.9 Å². The minimum Gasteiger partial charge on any atom is -0.481 e. The van der Waals surface area contributed by atoms with Gasteiger partial charge in [-0.05, 0) is 19.3 Å². The maximum atomic E-state index is 12.5. The van der Waals surface area contributed by atoms with Crippen molar-refractivity contribution in [1.82, 2.24) is 10.2 Å². The third-order valence-corrected chi connectivity index (χ3v) is 4.07. The van der Waals surface area contributed by atoms with Gasteiger partial charge >= 0.3 is 12.1 Å². The number of hydrogen-bond donors (Lipinski definition) is 2. The van der Waals surface area contributed by atoms with Crippen molar-refractivity contribution in [3.8, 4) is 0 Å². The molecule has 2 amide bonds. The highest BCUT2D eigenvalue weighted by Gasteiger charge is 2.38. The quantitative estimate of drug-likeness (QED) is 0.744. The SMILES string of the molecule is COC(=O)NC1CCN(C(=O)C2CC=CCC2C(=O)O)C1. The standard InChI is InChI=1S/C14H20N2O5/c1-21-14(20)15-9-6-7-16(8-9)12(17)10-4-2-3-5-11(10)13(18)19/h2-3,9-11H,4-8H2,1H3,(H,15,20)(H,18,19). The van der Waals surface area contributed by atoms with Crippen molar-refractivity contribution in [1.29, 1.82) is 0 Å². The van der Waals surface area contributed by atoms with Crippen molar-refractivity contribution in [3.05, 3.63) is 12.2 Å². The number of allylic oxidation sites excluding steroid dienone is 2.